The van der Waals surface area contributed by atoms with Crippen molar-refractivity contribution in [3.05, 3.63) is 35.9 Å². The lowest BCUT2D eigenvalue weighted by atomic mass is 10.0. The van der Waals surface area contributed by atoms with Crippen LogP contribution in [-0.2, 0) is 16.1 Å². The van der Waals surface area contributed by atoms with Crippen LogP contribution >= 0.6 is 12.4 Å². The molecule has 1 saturated carbocycles. The number of hydrogen-bond acceptors (Lipinski definition) is 4. The first kappa shape index (κ1) is 15.1. The maximum atomic E-state index is 11.6. The molecule has 3 atom stereocenters. The molecule has 0 bridgehead atoms. The molecule has 4 nitrogen and oxygen atoms in total. The summed E-state index contributed by atoms with van der Waals surface area (Å²) in [7, 11) is 0. The number of halogens is 1. The highest BCUT2D eigenvalue weighted by atomic mass is 35.5. The minimum absolute atomic E-state index is 0. The van der Waals surface area contributed by atoms with E-state index < -0.39 is 6.16 Å². The largest absolute Gasteiger partial charge is 0.510 e. The zero-order valence-corrected chi connectivity index (χ0v) is 12.1. The molecule has 1 saturated heterocycles. The van der Waals surface area contributed by atoms with Gasteiger partial charge in [0, 0.05) is 12.5 Å². The van der Waals surface area contributed by atoms with E-state index in [2.05, 4.69) is 5.32 Å². The molecule has 0 radical (unpaired) electrons. The normalized spacial score (nSPS) is 27.5. The van der Waals surface area contributed by atoms with Crippen molar-refractivity contribution in [3.63, 3.8) is 0 Å². The third-order valence-corrected chi connectivity index (χ3v) is 4.01. The number of hydrogen-bond donors (Lipinski definition) is 1. The first-order valence-corrected chi connectivity index (χ1v) is 6.94. The average Bonchev–Trinajstić information content (AvgIpc) is 2.98. The maximum Gasteiger partial charge on any atom is 0.510 e. The summed E-state index contributed by atoms with van der Waals surface area (Å²) in [5, 5.41) is 3.36. The van der Waals surface area contributed by atoms with Crippen molar-refractivity contribution in [2.24, 2.45) is 5.92 Å². The molecule has 110 valence electrons. The Morgan fingerprint density at radius 1 is 1.25 bits per heavy atom. The Labute approximate surface area is 125 Å². The summed E-state index contributed by atoms with van der Waals surface area (Å²) in [5.74, 6) is 0.673. The van der Waals surface area contributed by atoms with Gasteiger partial charge in [0.15, 0.2) is 6.23 Å². The van der Waals surface area contributed by atoms with Gasteiger partial charge < -0.3 is 9.47 Å². The molecule has 2 aliphatic rings. The monoisotopic (exact) mass is 297 g/mol. The second-order valence-electron chi connectivity index (χ2n) is 5.33. The van der Waals surface area contributed by atoms with Crippen molar-refractivity contribution in [2.75, 3.05) is 0 Å². The van der Waals surface area contributed by atoms with Gasteiger partial charge in [0.1, 0.15) is 6.61 Å². The van der Waals surface area contributed by atoms with Crippen LogP contribution in [0, 0.1) is 5.92 Å². The summed E-state index contributed by atoms with van der Waals surface area (Å²) in [5.41, 5.74) is 0.968. The highest BCUT2D eigenvalue weighted by Crippen LogP contribution is 2.34. The number of fused-ring (bicyclic) bond motifs is 1. The standard InChI is InChI=1S/C15H19NO3.ClH/c17-15(18-10-11-5-2-1-3-6-11)19-14-9-12-7-4-8-13(12)16-14;/h1-3,5-6,12-14,16H,4,7-10H2;1H/t12-,13-,14?;/m1./s1. The van der Waals surface area contributed by atoms with Gasteiger partial charge in [-0.05, 0) is 24.3 Å². The quantitative estimate of drug-likeness (QED) is 0.870. The van der Waals surface area contributed by atoms with Crippen molar-refractivity contribution < 1.29 is 14.3 Å². The van der Waals surface area contributed by atoms with Gasteiger partial charge in [-0.1, -0.05) is 36.8 Å². The second kappa shape index (κ2) is 6.95. The van der Waals surface area contributed by atoms with Crippen molar-refractivity contribution in [1.82, 2.24) is 5.32 Å². The van der Waals surface area contributed by atoms with Crippen LogP contribution in [0.25, 0.3) is 0 Å². The molecule has 1 aromatic carbocycles. The van der Waals surface area contributed by atoms with Crippen molar-refractivity contribution in [1.29, 1.82) is 0 Å². The Hall–Kier alpha value is -1.26. The lowest BCUT2D eigenvalue weighted by molar-refractivity contribution is 0.0116. The summed E-state index contributed by atoms with van der Waals surface area (Å²) in [6.45, 7) is 0.263. The smallest absolute Gasteiger partial charge is 0.429 e. The maximum absolute atomic E-state index is 11.6. The van der Waals surface area contributed by atoms with E-state index in [0.29, 0.717) is 12.0 Å². The van der Waals surface area contributed by atoms with E-state index in [1.807, 2.05) is 30.3 Å². The molecular weight excluding hydrogens is 278 g/mol. The lowest BCUT2D eigenvalue weighted by Gasteiger charge is -2.14. The molecule has 1 N–H and O–H groups in total. The van der Waals surface area contributed by atoms with Gasteiger partial charge in [0.05, 0.1) is 0 Å². The fourth-order valence-corrected chi connectivity index (χ4v) is 3.07. The second-order valence-corrected chi connectivity index (χ2v) is 5.33. The molecular formula is C15H20ClNO3. The van der Waals surface area contributed by atoms with Crippen molar-refractivity contribution in [3.8, 4) is 0 Å². The van der Waals surface area contributed by atoms with Gasteiger partial charge in [-0.2, -0.15) is 0 Å². The number of carbonyl (C=O) groups excluding carboxylic acids is 1. The average molecular weight is 298 g/mol. The Morgan fingerprint density at radius 2 is 2.05 bits per heavy atom. The fourth-order valence-electron chi connectivity index (χ4n) is 3.07. The summed E-state index contributed by atoms with van der Waals surface area (Å²) in [6.07, 6.45) is 3.90. The summed E-state index contributed by atoms with van der Waals surface area (Å²) in [4.78, 5) is 11.6. The molecule has 1 aromatic rings. The molecule has 20 heavy (non-hydrogen) atoms. The van der Waals surface area contributed by atoms with Crippen LogP contribution in [0.1, 0.15) is 31.2 Å². The number of carbonyl (C=O) groups is 1. The molecule has 1 aliphatic carbocycles. The molecule has 1 heterocycles. The van der Waals surface area contributed by atoms with E-state index in [4.69, 9.17) is 9.47 Å². The zero-order valence-electron chi connectivity index (χ0n) is 11.3. The first-order chi connectivity index (χ1) is 9.31. The number of nitrogens with one attached hydrogen (secondary N) is 1. The predicted octanol–water partition coefficient (Wildman–Crippen LogP) is 3.25. The molecule has 0 spiro atoms. The number of rotatable bonds is 3. The Balaban J connectivity index is 0.00000147. The Bertz CT molecular complexity index is 428. The van der Waals surface area contributed by atoms with E-state index >= 15 is 0 Å². The zero-order chi connectivity index (χ0) is 13.1. The van der Waals surface area contributed by atoms with E-state index in [0.717, 1.165) is 12.0 Å². The summed E-state index contributed by atoms with van der Waals surface area (Å²) < 4.78 is 10.4. The lowest BCUT2D eigenvalue weighted by Crippen LogP contribution is -2.33. The SMILES string of the molecule is Cl.O=C(OCc1ccccc1)OC1C[C@H]2CCC[C@H]2N1. The van der Waals surface area contributed by atoms with E-state index in [1.165, 1.54) is 19.3 Å². The molecule has 1 unspecified atom stereocenters. The topological polar surface area (TPSA) is 47.6 Å². The summed E-state index contributed by atoms with van der Waals surface area (Å²) in [6, 6.07) is 10.2. The van der Waals surface area contributed by atoms with Gasteiger partial charge in [0.25, 0.3) is 0 Å². The third kappa shape index (κ3) is 3.64. The number of ether oxygens (including phenoxy) is 2. The summed E-state index contributed by atoms with van der Waals surface area (Å²) >= 11 is 0. The van der Waals surface area contributed by atoms with Crippen molar-refractivity contribution in [2.45, 2.75) is 44.6 Å². The minimum atomic E-state index is -0.582. The molecule has 2 fully saturated rings. The molecule has 0 aromatic heterocycles. The van der Waals surface area contributed by atoms with Crippen LogP contribution in [0.2, 0.25) is 0 Å². The van der Waals surface area contributed by atoms with Crippen LogP contribution < -0.4 is 5.32 Å². The fraction of sp³-hybridized carbons (Fsp3) is 0.533. The number of benzene rings is 1. The van der Waals surface area contributed by atoms with E-state index in [1.54, 1.807) is 0 Å². The molecule has 0 amide bonds. The Kier molecular flexibility index (Phi) is 5.26. The highest BCUT2D eigenvalue weighted by molar-refractivity contribution is 5.85. The van der Waals surface area contributed by atoms with E-state index in [-0.39, 0.29) is 25.2 Å². The minimum Gasteiger partial charge on any atom is -0.429 e. The Morgan fingerprint density at radius 3 is 2.80 bits per heavy atom. The van der Waals surface area contributed by atoms with Crippen molar-refractivity contribution >= 4 is 18.6 Å². The van der Waals surface area contributed by atoms with Gasteiger partial charge in [0.2, 0.25) is 0 Å². The van der Waals surface area contributed by atoms with Crippen LogP contribution in [0.3, 0.4) is 0 Å². The van der Waals surface area contributed by atoms with Gasteiger partial charge in [-0.15, -0.1) is 12.4 Å². The molecule has 3 rings (SSSR count). The van der Waals surface area contributed by atoms with Gasteiger partial charge >= 0.3 is 6.16 Å². The molecule has 5 heteroatoms. The van der Waals surface area contributed by atoms with Crippen LogP contribution in [0.4, 0.5) is 4.79 Å². The third-order valence-electron chi connectivity index (χ3n) is 4.01. The predicted molar refractivity (Wildman–Crippen MR) is 77.6 cm³/mol. The van der Waals surface area contributed by atoms with Crippen LogP contribution in [-0.4, -0.2) is 18.4 Å². The van der Waals surface area contributed by atoms with Gasteiger partial charge in [-0.3, -0.25) is 5.32 Å². The van der Waals surface area contributed by atoms with Crippen LogP contribution in [0.15, 0.2) is 30.3 Å². The van der Waals surface area contributed by atoms with Crippen LogP contribution in [0.5, 0.6) is 0 Å². The highest BCUT2D eigenvalue weighted by Gasteiger charge is 2.38. The van der Waals surface area contributed by atoms with E-state index in [9.17, 15) is 4.79 Å². The first-order valence-electron chi connectivity index (χ1n) is 6.94. The molecule has 1 aliphatic heterocycles. The van der Waals surface area contributed by atoms with Gasteiger partial charge in [-0.25, -0.2) is 4.79 Å².